The SMILES string of the molecule is c1cc(C2CCCCC2)c2c(C3CCCC4C3NPN4c3cccc4cccc(C5CCCCC5)c34)cccc2c1. The van der Waals surface area contributed by atoms with Crippen LogP contribution in [-0.4, -0.2) is 12.1 Å². The van der Waals surface area contributed by atoms with E-state index in [1.807, 2.05) is 0 Å². The van der Waals surface area contributed by atoms with Gasteiger partial charge in [0.1, 0.15) is 0 Å². The summed E-state index contributed by atoms with van der Waals surface area (Å²) in [6, 6.07) is 29.6. The minimum atomic E-state index is 0.518. The van der Waals surface area contributed by atoms with Crippen molar-refractivity contribution < 1.29 is 0 Å². The molecule has 0 radical (unpaired) electrons. The molecule has 4 unspecified atom stereocenters. The van der Waals surface area contributed by atoms with Crippen LogP contribution in [-0.2, 0) is 0 Å². The second-order valence-corrected chi connectivity index (χ2v) is 14.4. The molecule has 0 amide bonds. The Bertz CT molecular complexity index is 1520. The van der Waals surface area contributed by atoms with Crippen LogP contribution in [0.1, 0.15) is 118 Å². The summed E-state index contributed by atoms with van der Waals surface area (Å²) in [6.07, 6.45) is 17.7. The summed E-state index contributed by atoms with van der Waals surface area (Å²) in [5, 5.41) is 10.2. The summed E-state index contributed by atoms with van der Waals surface area (Å²) >= 11 is 0. The molecule has 0 bridgehead atoms. The standard InChI is InChI=1S/C38H45N2P/c1-3-12-26(13-4-1)30-20-7-16-28-17-9-22-32(36(28)30)33-23-11-25-35-38(33)39-41-40(35)34-24-10-19-29-18-8-21-31(37(29)34)27-14-5-2-6-15-27/h7-10,16-22,24,26-27,33,35,38-39,41H,1-6,11-15,23,25H2. The summed E-state index contributed by atoms with van der Waals surface area (Å²) in [5.41, 5.74) is 6.37. The van der Waals surface area contributed by atoms with Gasteiger partial charge in [0.05, 0.1) is 0 Å². The molecule has 8 rings (SSSR count). The van der Waals surface area contributed by atoms with Gasteiger partial charge in [-0.2, -0.15) is 0 Å². The molecule has 3 saturated carbocycles. The van der Waals surface area contributed by atoms with Crippen LogP contribution >= 0.6 is 8.88 Å². The van der Waals surface area contributed by atoms with E-state index in [-0.39, 0.29) is 0 Å². The van der Waals surface area contributed by atoms with Crippen LogP contribution in [0.15, 0.2) is 72.8 Å². The maximum Gasteiger partial charge on any atom is 0.0500 e. The highest BCUT2D eigenvalue weighted by molar-refractivity contribution is 7.38. The van der Waals surface area contributed by atoms with Gasteiger partial charge in [-0.15, -0.1) is 0 Å². The van der Waals surface area contributed by atoms with Crippen molar-refractivity contribution in [3.05, 3.63) is 89.5 Å². The Morgan fingerprint density at radius 3 is 1.76 bits per heavy atom. The van der Waals surface area contributed by atoms with Crippen molar-refractivity contribution in [2.75, 3.05) is 4.67 Å². The van der Waals surface area contributed by atoms with Crippen LogP contribution in [0.5, 0.6) is 0 Å². The summed E-state index contributed by atoms with van der Waals surface area (Å²) in [6.45, 7) is 0. The van der Waals surface area contributed by atoms with Gasteiger partial charge in [0, 0.05) is 38.0 Å². The van der Waals surface area contributed by atoms with Crippen LogP contribution in [0, 0.1) is 0 Å². The van der Waals surface area contributed by atoms with Gasteiger partial charge < -0.3 is 4.67 Å². The number of hydrogen-bond acceptors (Lipinski definition) is 2. The first kappa shape index (κ1) is 26.2. The van der Waals surface area contributed by atoms with Gasteiger partial charge in [-0.05, 0) is 89.3 Å². The first-order chi connectivity index (χ1) is 20.4. The lowest BCUT2D eigenvalue weighted by molar-refractivity contribution is 0.345. The Balaban J connectivity index is 1.18. The minimum absolute atomic E-state index is 0.518. The van der Waals surface area contributed by atoms with Gasteiger partial charge in [0.25, 0.3) is 0 Å². The molecule has 1 heterocycles. The van der Waals surface area contributed by atoms with Gasteiger partial charge in [0.2, 0.25) is 0 Å². The first-order valence-electron chi connectivity index (χ1n) is 16.7. The number of rotatable bonds is 4. The minimum Gasteiger partial charge on any atom is -0.335 e. The molecular formula is C38H45N2P. The summed E-state index contributed by atoms with van der Waals surface area (Å²) in [7, 11) is 0.653. The smallest absolute Gasteiger partial charge is 0.0500 e. The lowest BCUT2D eigenvalue weighted by atomic mass is 9.74. The average Bonchev–Trinajstić information content (AvgIpc) is 3.49. The van der Waals surface area contributed by atoms with Gasteiger partial charge in [-0.1, -0.05) is 112 Å². The molecule has 3 heteroatoms. The van der Waals surface area contributed by atoms with Gasteiger partial charge in [0.15, 0.2) is 0 Å². The average molecular weight is 561 g/mol. The molecule has 0 spiro atoms. The molecule has 4 atom stereocenters. The molecule has 0 aromatic heterocycles. The van der Waals surface area contributed by atoms with Crippen molar-refractivity contribution in [1.29, 1.82) is 0 Å². The molecule has 3 aliphatic carbocycles. The lowest BCUT2D eigenvalue weighted by Gasteiger charge is -2.38. The normalized spacial score (nSPS) is 26.6. The van der Waals surface area contributed by atoms with Gasteiger partial charge >= 0.3 is 0 Å². The zero-order chi connectivity index (χ0) is 27.2. The Morgan fingerprint density at radius 1 is 0.537 bits per heavy atom. The van der Waals surface area contributed by atoms with E-state index in [1.165, 1.54) is 99.9 Å². The fraction of sp³-hybridized carbons (Fsp3) is 0.474. The van der Waals surface area contributed by atoms with Crippen molar-refractivity contribution >= 4 is 36.1 Å². The second-order valence-electron chi connectivity index (χ2n) is 13.4. The number of fused-ring (bicyclic) bond motifs is 3. The molecule has 1 saturated heterocycles. The Hall–Kier alpha value is -2.41. The number of benzene rings is 4. The van der Waals surface area contributed by atoms with E-state index in [0.29, 0.717) is 26.9 Å². The van der Waals surface area contributed by atoms with Crippen molar-refractivity contribution in [3.63, 3.8) is 0 Å². The molecule has 4 fully saturated rings. The molecule has 4 aromatic carbocycles. The molecule has 2 nitrogen and oxygen atoms in total. The van der Waals surface area contributed by atoms with Crippen LogP contribution in [0.2, 0.25) is 0 Å². The first-order valence-corrected chi connectivity index (χ1v) is 17.6. The molecular weight excluding hydrogens is 515 g/mol. The van der Waals surface area contributed by atoms with E-state index < -0.39 is 0 Å². The van der Waals surface area contributed by atoms with E-state index in [1.54, 1.807) is 27.5 Å². The van der Waals surface area contributed by atoms with E-state index in [9.17, 15) is 0 Å². The fourth-order valence-corrected chi connectivity index (χ4v) is 10.7. The molecule has 4 aliphatic rings. The molecule has 4 aromatic rings. The van der Waals surface area contributed by atoms with Crippen molar-refractivity contribution in [1.82, 2.24) is 5.09 Å². The number of anilines is 1. The van der Waals surface area contributed by atoms with Crippen molar-refractivity contribution in [3.8, 4) is 0 Å². The van der Waals surface area contributed by atoms with E-state index in [2.05, 4.69) is 82.6 Å². The number of nitrogens with zero attached hydrogens (tertiary/aromatic N) is 1. The number of hydrogen-bond donors (Lipinski definition) is 1. The predicted molar refractivity (Wildman–Crippen MR) is 178 cm³/mol. The Morgan fingerprint density at radius 2 is 1.10 bits per heavy atom. The summed E-state index contributed by atoms with van der Waals surface area (Å²) in [4.78, 5) is 0. The van der Waals surface area contributed by atoms with E-state index in [4.69, 9.17) is 0 Å². The highest BCUT2D eigenvalue weighted by Gasteiger charge is 2.43. The third-order valence-corrected chi connectivity index (χ3v) is 12.5. The highest BCUT2D eigenvalue weighted by atomic mass is 31.1. The highest BCUT2D eigenvalue weighted by Crippen LogP contribution is 2.51. The van der Waals surface area contributed by atoms with Crippen molar-refractivity contribution in [2.24, 2.45) is 0 Å². The lowest BCUT2D eigenvalue weighted by Crippen LogP contribution is -2.43. The zero-order valence-corrected chi connectivity index (χ0v) is 25.5. The molecule has 41 heavy (non-hydrogen) atoms. The topological polar surface area (TPSA) is 15.3 Å². The maximum atomic E-state index is 4.14. The van der Waals surface area contributed by atoms with Crippen LogP contribution in [0.3, 0.4) is 0 Å². The fourth-order valence-electron chi connectivity index (χ4n) is 9.24. The van der Waals surface area contributed by atoms with Crippen LogP contribution in [0.25, 0.3) is 21.5 Å². The monoisotopic (exact) mass is 560 g/mol. The summed E-state index contributed by atoms with van der Waals surface area (Å²) in [5.74, 6) is 2.03. The zero-order valence-electron chi connectivity index (χ0n) is 24.5. The third-order valence-electron chi connectivity index (χ3n) is 11.2. The number of nitrogens with one attached hydrogen (secondary N) is 1. The van der Waals surface area contributed by atoms with E-state index in [0.717, 1.165) is 11.8 Å². The van der Waals surface area contributed by atoms with Gasteiger partial charge in [-0.3, -0.25) is 5.09 Å². The van der Waals surface area contributed by atoms with Crippen LogP contribution < -0.4 is 9.76 Å². The van der Waals surface area contributed by atoms with E-state index >= 15 is 0 Å². The maximum absolute atomic E-state index is 4.14. The molecule has 1 N–H and O–H groups in total. The van der Waals surface area contributed by atoms with Crippen molar-refractivity contribution in [2.45, 2.75) is 113 Å². The Labute approximate surface area is 248 Å². The molecule has 1 aliphatic heterocycles. The van der Waals surface area contributed by atoms with Gasteiger partial charge in [-0.25, -0.2) is 0 Å². The third kappa shape index (κ3) is 4.71. The predicted octanol–water partition coefficient (Wildman–Crippen LogP) is 10.7. The quantitative estimate of drug-likeness (QED) is 0.250. The summed E-state index contributed by atoms with van der Waals surface area (Å²) < 4.78 is 2.80. The second kappa shape index (κ2) is 11.3. The Kier molecular flexibility index (Phi) is 7.26. The van der Waals surface area contributed by atoms with Crippen LogP contribution in [0.4, 0.5) is 5.69 Å². The molecule has 212 valence electrons. The largest absolute Gasteiger partial charge is 0.335 e.